The van der Waals surface area contributed by atoms with Crippen molar-refractivity contribution in [2.75, 3.05) is 12.9 Å². The van der Waals surface area contributed by atoms with Crippen LogP contribution in [0, 0.1) is 0 Å². The summed E-state index contributed by atoms with van der Waals surface area (Å²) in [6.07, 6.45) is 1.77. The van der Waals surface area contributed by atoms with Gasteiger partial charge in [0.05, 0.1) is 22.1 Å². The number of aliphatic hydroxyl groups is 1. The van der Waals surface area contributed by atoms with Gasteiger partial charge in [0.1, 0.15) is 0 Å². The summed E-state index contributed by atoms with van der Waals surface area (Å²) in [7, 11) is -3.84. The molecule has 0 heterocycles. The molecule has 0 aromatic heterocycles. The largest absolute Gasteiger partial charge is 0.478 e. The fourth-order valence-corrected chi connectivity index (χ4v) is 4.01. The number of nitrogens with one attached hydrogen (secondary N) is 1. The second-order valence-corrected chi connectivity index (χ2v) is 7.51. The monoisotopic (exact) mass is 353 g/mol. The quantitative estimate of drug-likeness (QED) is 0.685. The first kappa shape index (κ1) is 18.2. The maximum Gasteiger partial charge on any atom is 0.337 e. The van der Waals surface area contributed by atoms with Gasteiger partial charge in [0, 0.05) is 11.3 Å². The number of hydrogen-bond acceptors (Lipinski definition) is 5. The van der Waals surface area contributed by atoms with Gasteiger partial charge >= 0.3 is 5.97 Å². The Kier molecular flexibility index (Phi) is 6.48. The van der Waals surface area contributed by atoms with Crippen molar-refractivity contribution in [2.45, 2.75) is 23.1 Å². The number of rotatable bonds is 7. The third-order valence-electron chi connectivity index (χ3n) is 2.86. The molecule has 1 rings (SSSR count). The first-order valence-electron chi connectivity index (χ1n) is 5.91. The molecule has 0 bridgehead atoms. The first-order valence-corrected chi connectivity index (χ1v) is 9.06. The molecule has 0 aliphatic carbocycles. The van der Waals surface area contributed by atoms with E-state index in [2.05, 4.69) is 4.72 Å². The second-order valence-electron chi connectivity index (χ2n) is 4.31. The van der Waals surface area contributed by atoms with Crippen molar-refractivity contribution in [2.24, 2.45) is 0 Å². The molecule has 9 heteroatoms. The summed E-state index contributed by atoms with van der Waals surface area (Å²) in [4.78, 5) is 10.7. The van der Waals surface area contributed by atoms with Crippen LogP contribution < -0.4 is 4.72 Å². The Morgan fingerprint density at radius 3 is 2.52 bits per heavy atom. The molecule has 0 fully saturated rings. The van der Waals surface area contributed by atoms with Gasteiger partial charge in [-0.3, -0.25) is 0 Å². The molecule has 6 nitrogen and oxygen atoms in total. The van der Waals surface area contributed by atoms with Gasteiger partial charge in [-0.2, -0.15) is 11.8 Å². The molecule has 118 valence electrons. The zero-order valence-corrected chi connectivity index (χ0v) is 13.8. The van der Waals surface area contributed by atoms with E-state index < -0.39 is 22.0 Å². The van der Waals surface area contributed by atoms with Crippen LogP contribution in [0.4, 0.5) is 0 Å². The molecule has 21 heavy (non-hydrogen) atoms. The lowest BCUT2D eigenvalue weighted by Crippen LogP contribution is -2.41. The summed E-state index contributed by atoms with van der Waals surface area (Å²) >= 11 is 7.11. The number of aromatic carboxylic acids is 1. The zero-order valence-electron chi connectivity index (χ0n) is 11.4. The van der Waals surface area contributed by atoms with Crippen LogP contribution in [0.2, 0.25) is 5.02 Å². The number of aliphatic hydroxyl groups excluding tert-OH is 1. The maximum atomic E-state index is 12.2. The van der Waals surface area contributed by atoms with E-state index in [1.807, 2.05) is 0 Å². The van der Waals surface area contributed by atoms with Crippen LogP contribution >= 0.6 is 23.4 Å². The number of carboxylic acids is 1. The highest BCUT2D eigenvalue weighted by Crippen LogP contribution is 2.22. The molecular formula is C12H16ClNO5S2. The second kappa shape index (κ2) is 7.46. The van der Waals surface area contributed by atoms with Crippen molar-refractivity contribution in [1.29, 1.82) is 0 Å². The van der Waals surface area contributed by atoms with E-state index in [0.29, 0.717) is 0 Å². The number of carboxylic acid groups (broad SMARTS) is 1. The lowest BCUT2D eigenvalue weighted by molar-refractivity contribution is 0.0697. The average Bonchev–Trinajstić information content (AvgIpc) is 2.38. The predicted molar refractivity (Wildman–Crippen MR) is 82.6 cm³/mol. The molecule has 0 amide bonds. The number of thioether (sulfide) groups is 1. The van der Waals surface area contributed by atoms with E-state index in [0.717, 1.165) is 12.1 Å². The van der Waals surface area contributed by atoms with E-state index in [1.165, 1.54) is 17.8 Å². The van der Waals surface area contributed by atoms with Crippen molar-refractivity contribution in [3.8, 4) is 0 Å². The SMILES string of the molecule is CSC(CO)C(C)NS(=O)(=O)c1ccc(C(=O)O)c(Cl)c1. The summed E-state index contributed by atoms with van der Waals surface area (Å²) in [5.41, 5.74) is -0.166. The van der Waals surface area contributed by atoms with Gasteiger partial charge in [0.15, 0.2) is 0 Å². The fraction of sp³-hybridized carbons (Fsp3) is 0.417. The summed E-state index contributed by atoms with van der Waals surface area (Å²) in [5, 5.41) is 17.6. The molecule has 3 N–H and O–H groups in total. The van der Waals surface area contributed by atoms with Crippen LogP contribution in [-0.4, -0.2) is 48.8 Å². The van der Waals surface area contributed by atoms with E-state index in [-0.39, 0.29) is 27.3 Å². The van der Waals surface area contributed by atoms with Gasteiger partial charge in [-0.25, -0.2) is 17.9 Å². The minimum atomic E-state index is -3.84. The Bertz CT molecular complexity index is 616. The van der Waals surface area contributed by atoms with E-state index in [1.54, 1.807) is 13.2 Å². The molecule has 0 radical (unpaired) electrons. The van der Waals surface area contributed by atoms with Crippen LogP contribution in [0.3, 0.4) is 0 Å². The van der Waals surface area contributed by atoms with Crippen molar-refractivity contribution >= 4 is 39.4 Å². The molecule has 0 saturated carbocycles. The standard InChI is InChI=1S/C12H16ClNO5S2/c1-7(11(6-15)20-2)14-21(18,19)8-3-4-9(12(16)17)10(13)5-8/h3-5,7,11,14-15H,6H2,1-2H3,(H,16,17). The van der Waals surface area contributed by atoms with Gasteiger partial charge < -0.3 is 10.2 Å². The molecule has 0 saturated heterocycles. The highest BCUT2D eigenvalue weighted by Gasteiger charge is 2.24. The minimum absolute atomic E-state index is 0.123. The molecular weight excluding hydrogens is 338 g/mol. The van der Waals surface area contributed by atoms with E-state index in [9.17, 15) is 13.2 Å². The van der Waals surface area contributed by atoms with Gasteiger partial charge in [0.2, 0.25) is 10.0 Å². The van der Waals surface area contributed by atoms with Crippen LogP contribution in [-0.2, 0) is 10.0 Å². The smallest absolute Gasteiger partial charge is 0.337 e. The molecule has 0 spiro atoms. The van der Waals surface area contributed by atoms with Crippen LogP contribution in [0.1, 0.15) is 17.3 Å². The lowest BCUT2D eigenvalue weighted by atomic mass is 10.2. The van der Waals surface area contributed by atoms with Crippen LogP contribution in [0.5, 0.6) is 0 Å². The van der Waals surface area contributed by atoms with Crippen LogP contribution in [0.25, 0.3) is 0 Å². The van der Waals surface area contributed by atoms with Crippen molar-refractivity contribution in [3.63, 3.8) is 0 Å². The molecule has 1 aromatic rings. The van der Waals surface area contributed by atoms with E-state index in [4.69, 9.17) is 21.8 Å². The minimum Gasteiger partial charge on any atom is -0.478 e. The Hall–Kier alpha value is -0.800. The Morgan fingerprint density at radius 1 is 1.48 bits per heavy atom. The van der Waals surface area contributed by atoms with Crippen molar-refractivity contribution < 1.29 is 23.4 Å². The number of carbonyl (C=O) groups is 1. The topological polar surface area (TPSA) is 104 Å². The zero-order chi connectivity index (χ0) is 16.2. The third-order valence-corrected chi connectivity index (χ3v) is 5.89. The highest BCUT2D eigenvalue weighted by molar-refractivity contribution is 7.99. The fourth-order valence-electron chi connectivity index (χ4n) is 1.66. The van der Waals surface area contributed by atoms with E-state index >= 15 is 0 Å². The van der Waals surface area contributed by atoms with Gasteiger partial charge in [-0.15, -0.1) is 0 Å². The molecule has 2 atom stereocenters. The molecule has 0 aliphatic heterocycles. The average molecular weight is 354 g/mol. The van der Waals surface area contributed by atoms with Crippen molar-refractivity contribution in [1.82, 2.24) is 4.72 Å². The molecule has 2 unspecified atom stereocenters. The van der Waals surface area contributed by atoms with Gasteiger partial charge in [-0.1, -0.05) is 11.6 Å². The number of halogens is 1. The summed E-state index contributed by atoms with van der Waals surface area (Å²) < 4.78 is 26.8. The lowest BCUT2D eigenvalue weighted by Gasteiger charge is -2.21. The number of sulfonamides is 1. The normalized spacial score (nSPS) is 14.7. The Morgan fingerprint density at radius 2 is 2.10 bits per heavy atom. The van der Waals surface area contributed by atoms with Gasteiger partial charge in [0.25, 0.3) is 0 Å². The first-order chi connectivity index (χ1) is 9.72. The molecule has 0 aliphatic rings. The highest BCUT2D eigenvalue weighted by atomic mass is 35.5. The summed E-state index contributed by atoms with van der Waals surface area (Å²) in [6.45, 7) is 1.48. The maximum absolute atomic E-state index is 12.2. The molecule has 1 aromatic carbocycles. The number of hydrogen-bond donors (Lipinski definition) is 3. The Balaban J connectivity index is 3.03. The number of benzene rings is 1. The predicted octanol–water partition coefficient (Wildman–Crippen LogP) is 1.43. The van der Waals surface area contributed by atoms with Crippen LogP contribution in [0.15, 0.2) is 23.1 Å². The third kappa shape index (κ3) is 4.58. The summed E-state index contributed by atoms with van der Waals surface area (Å²) in [5.74, 6) is -1.23. The van der Waals surface area contributed by atoms with Crippen molar-refractivity contribution in [3.05, 3.63) is 28.8 Å². The van der Waals surface area contributed by atoms with Gasteiger partial charge in [-0.05, 0) is 31.4 Å². The summed E-state index contributed by atoms with van der Waals surface area (Å²) in [6, 6.07) is 2.92. The Labute approximate surface area is 132 Å².